The zero-order valence-electron chi connectivity index (χ0n) is 13.9. The number of hydrogen-bond acceptors (Lipinski definition) is 3. The lowest BCUT2D eigenvalue weighted by atomic mass is 10.0. The highest BCUT2D eigenvalue weighted by Crippen LogP contribution is 2.33. The van der Waals surface area contributed by atoms with Gasteiger partial charge in [0.2, 0.25) is 0 Å². The van der Waals surface area contributed by atoms with E-state index in [1.165, 1.54) is 20.3 Å². The van der Waals surface area contributed by atoms with Gasteiger partial charge in [-0.25, -0.2) is 8.78 Å². The zero-order valence-corrected chi connectivity index (χ0v) is 13.9. The first-order valence-corrected chi connectivity index (χ1v) is 7.36. The van der Waals surface area contributed by atoms with E-state index in [4.69, 9.17) is 9.47 Å². The smallest absolute Gasteiger partial charge is 0.257 e. The number of methoxy groups -OCH3 is 2. The van der Waals surface area contributed by atoms with Crippen LogP contribution in [0.25, 0.3) is 0 Å². The molecule has 0 heterocycles. The molecular weight excluding hydrogens is 316 g/mol. The van der Waals surface area contributed by atoms with Crippen LogP contribution < -0.4 is 14.8 Å². The van der Waals surface area contributed by atoms with E-state index in [1.807, 2.05) is 6.92 Å². The molecule has 6 heteroatoms. The van der Waals surface area contributed by atoms with Crippen molar-refractivity contribution in [3.05, 3.63) is 58.7 Å². The third-order valence-corrected chi connectivity index (χ3v) is 3.78. The molecule has 0 aliphatic rings. The minimum absolute atomic E-state index is 0.476. The average molecular weight is 335 g/mol. The van der Waals surface area contributed by atoms with Gasteiger partial charge in [-0.1, -0.05) is 6.07 Å². The summed E-state index contributed by atoms with van der Waals surface area (Å²) in [7, 11) is 3.04. The second-order valence-electron chi connectivity index (χ2n) is 5.36. The van der Waals surface area contributed by atoms with Crippen molar-refractivity contribution >= 4 is 5.91 Å². The van der Waals surface area contributed by atoms with Gasteiger partial charge in [-0.2, -0.15) is 0 Å². The SMILES string of the molecule is COc1cc(C)c([C@H](C)NC(=O)c2c(F)cccc2F)cc1OC. The first kappa shape index (κ1) is 17.7. The molecule has 1 atom stereocenters. The summed E-state index contributed by atoms with van der Waals surface area (Å²) in [5.41, 5.74) is 1.02. The molecule has 4 nitrogen and oxygen atoms in total. The number of nitrogens with one attached hydrogen (secondary N) is 1. The largest absolute Gasteiger partial charge is 0.493 e. The van der Waals surface area contributed by atoms with Gasteiger partial charge in [-0.3, -0.25) is 4.79 Å². The maximum absolute atomic E-state index is 13.7. The van der Waals surface area contributed by atoms with Crippen LogP contribution >= 0.6 is 0 Å². The molecule has 1 amide bonds. The summed E-state index contributed by atoms with van der Waals surface area (Å²) in [6.45, 7) is 3.58. The summed E-state index contributed by atoms with van der Waals surface area (Å²) in [5.74, 6) is -1.53. The Kier molecular flexibility index (Phi) is 5.39. The molecule has 0 unspecified atom stereocenters. The van der Waals surface area contributed by atoms with E-state index in [9.17, 15) is 13.6 Å². The molecule has 0 fully saturated rings. The van der Waals surface area contributed by atoms with Crippen molar-refractivity contribution in [2.24, 2.45) is 0 Å². The van der Waals surface area contributed by atoms with Gasteiger partial charge in [-0.15, -0.1) is 0 Å². The van der Waals surface area contributed by atoms with E-state index in [0.29, 0.717) is 11.5 Å². The van der Waals surface area contributed by atoms with Gasteiger partial charge < -0.3 is 14.8 Å². The molecule has 2 rings (SSSR count). The topological polar surface area (TPSA) is 47.6 Å². The molecule has 0 aliphatic heterocycles. The minimum Gasteiger partial charge on any atom is -0.493 e. The number of benzene rings is 2. The van der Waals surface area contributed by atoms with Crippen molar-refractivity contribution in [1.29, 1.82) is 0 Å². The van der Waals surface area contributed by atoms with Crippen molar-refractivity contribution in [2.75, 3.05) is 14.2 Å². The van der Waals surface area contributed by atoms with Gasteiger partial charge >= 0.3 is 0 Å². The third-order valence-electron chi connectivity index (χ3n) is 3.78. The quantitative estimate of drug-likeness (QED) is 0.904. The number of carbonyl (C=O) groups excluding carboxylic acids is 1. The normalized spacial score (nSPS) is 11.8. The predicted octanol–water partition coefficient (Wildman–Crippen LogP) is 3.78. The molecule has 2 aromatic rings. The number of ether oxygens (including phenoxy) is 2. The zero-order chi connectivity index (χ0) is 17.9. The molecule has 128 valence electrons. The number of aryl methyl sites for hydroxylation is 1. The van der Waals surface area contributed by atoms with Gasteiger partial charge in [0.15, 0.2) is 11.5 Å². The van der Waals surface area contributed by atoms with Crippen LogP contribution in [0.1, 0.15) is 34.5 Å². The first-order chi connectivity index (χ1) is 11.4. The van der Waals surface area contributed by atoms with Crippen molar-refractivity contribution in [1.82, 2.24) is 5.32 Å². The highest BCUT2D eigenvalue weighted by molar-refractivity contribution is 5.95. The molecule has 0 spiro atoms. The molecule has 0 aliphatic carbocycles. The molecule has 0 bridgehead atoms. The standard InChI is InChI=1S/C18H19F2NO3/c1-10-8-15(23-3)16(24-4)9-12(10)11(2)21-18(22)17-13(19)6-5-7-14(17)20/h5-9,11H,1-4H3,(H,21,22)/t11-/m0/s1. The lowest BCUT2D eigenvalue weighted by molar-refractivity contribution is 0.0931. The van der Waals surface area contributed by atoms with Crippen LogP contribution in [0.15, 0.2) is 30.3 Å². The van der Waals surface area contributed by atoms with Crippen LogP contribution in [0.5, 0.6) is 11.5 Å². The minimum atomic E-state index is -0.899. The van der Waals surface area contributed by atoms with Gasteiger partial charge in [-0.05, 0) is 49.2 Å². The maximum Gasteiger partial charge on any atom is 0.257 e. The fourth-order valence-electron chi connectivity index (χ4n) is 2.52. The van der Waals surface area contributed by atoms with Crippen LogP contribution in [0.4, 0.5) is 8.78 Å². The van der Waals surface area contributed by atoms with Crippen LogP contribution in [-0.4, -0.2) is 20.1 Å². The molecule has 24 heavy (non-hydrogen) atoms. The molecule has 2 aromatic carbocycles. The van der Waals surface area contributed by atoms with E-state index in [0.717, 1.165) is 23.3 Å². The number of halogens is 2. The predicted molar refractivity (Wildman–Crippen MR) is 86.5 cm³/mol. The van der Waals surface area contributed by atoms with Gasteiger partial charge in [0.1, 0.15) is 17.2 Å². The van der Waals surface area contributed by atoms with Crippen LogP contribution in [0, 0.1) is 18.6 Å². The van der Waals surface area contributed by atoms with E-state index < -0.39 is 29.1 Å². The first-order valence-electron chi connectivity index (χ1n) is 7.36. The van der Waals surface area contributed by atoms with E-state index in [-0.39, 0.29) is 0 Å². The van der Waals surface area contributed by atoms with Crippen LogP contribution in [-0.2, 0) is 0 Å². The Labute approximate surface area is 139 Å². The molecular formula is C18H19F2NO3. The fourth-order valence-corrected chi connectivity index (χ4v) is 2.52. The second-order valence-corrected chi connectivity index (χ2v) is 5.36. The van der Waals surface area contributed by atoms with E-state index >= 15 is 0 Å². The summed E-state index contributed by atoms with van der Waals surface area (Å²) in [6.07, 6.45) is 0. The molecule has 0 aromatic heterocycles. The summed E-state index contributed by atoms with van der Waals surface area (Å²) < 4.78 is 37.9. The van der Waals surface area contributed by atoms with Crippen LogP contribution in [0.2, 0.25) is 0 Å². The maximum atomic E-state index is 13.7. The summed E-state index contributed by atoms with van der Waals surface area (Å²) >= 11 is 0. The van der Waals surface area contributed by atoms with Gasteiger partial charge in [0, 0.05) is 0 Å². The second kappa shape index (κ2) is 7.29. The molecule has 0 saturated heterocycles. The van der Waals surface area contributed by atoms with Gasteiger partial charge in [0.05, 0.1) is 20.3 Å². The van der Waals surface area contributed by atoms with Crippen molar-refractivity contribution in [3.63, 3.8) is 0 Å². The lowest BCUT2D eigenvalue weighted by Gasteiger charge is -2.19. The van der Waals surface area contributed by atoms with Gasteiger partial charge in [0.25, 0.3) is 5.91 Å². The third kappa shape index (κ3) is 3.48. The fraction of sp³-hybridized carbons (Fsp3) is 0.278. The number of carbonyl (C=O) groups is 1. The Bertz CT molecular complexity index is 742. The highest BCUT2D eigenvalue weighted by Gasteiger charge is 2.21. The average Bonchev–Trinajstić information content (AvgIpc) is 2.54. The Morgan fingerprint density at radius 2 is 1.62 bits per heavy atom. The molecule has 1 N–H and O–H groups in total. The van der Waals surface area contributed by atoms with E-state index in [1.54, 1.807) is 19.1 Å². The summed E-state index contributed by atoms with van der Waals surface area (Å²) in [6, 6.07) is 6.34. The number of hydrogen-bond donors (Lipinski definition) is 1. The van der Waals surface area contributed by atoms with Crippen molar-refractivity contribution < 1.29 is 23.0 Å². The Balaban J connectivity index is 2.30. The Morgan fingerprint density at radius 1 is 1.08 bits per heavy atom. The van der Waals surface area contributed by atoms with Crippen LogP contribution in [0.3, 0.4) is 0 Å². The van der Waals surface area contributed by atoms with Crippen molar-refractivity contribution in [3.8, 4) is 11.5 Å². The lowest BCUT2D eigenvalue weighted by Crippen LogP contribution is -2.28. The molecule has 0 saturated carbocycles. The van der Waals surface area contributed by atoms with Crippen molar-refractivity contribution in [2.45, 2.75) is 19.9 Å². The molecule has 0 radical (unpaired) electrons. The Hall–Kier alpha value is -2.63. The summed E-state index contributed by atoms with van der Waals surface area (Å²) in [4.78, 5) is 12.2. The number of amides is 1. The summed E-state index contributed by atoms with van der Waals surface area (Å²) in [5, 5.41) is 2.61. The Morgan fingerprint density at radius 3 is 2.17 bits per heavy atom. The highest BCUT2D eigenvalue weighted by atomic mass is 19.1. The monoisotopic (exact) mass is 335 g/mol. The number of rotatable bonds is 5. The van der Waals surface area contributed by atoms with E-state index in [2.05, 4.69) is 5.32 Å².